The Balaban J connectivity index is 3.08. The number of hydrogen-bond acceptors (Lipinski definition) is 6. The minimum Gasteiger partial charge on any atom is -0.462 e. The second kappa shape index (κ2) is 6.81. The fraction of sp³-hybridized carbons (Fsp3) is 0.167. The van der Waals surface area contributed by atoms with Crippen molar-refractivity contribution in [1.29, 1.82) is 10.5 Å². The molecule has 0 saturated heterocycles. The van der Waals surface area contributed by atoms with Crippen molar-refractivity contribution in [3.05, 3.63) is 29.3 Å². The number of benzene rings is 1. The number of hydrazone groups is 1. The number of nitriles is 2. The van der Waals surface area contributed by atoms with Crippen molar-refractivity contribution in [3.8, 4) is 12.1 Å². The lowest BCUT2D eigenvalue weighted by Gasteiger charge is -2.07. The van der Waals surface area contributed by atoms with E-state index in [0.717, 1.165) is 12.1 Å². The summed E-state index contributed by atoms with van der Waals surface area (Å²) >= 11 is 0. The average Bonchev–Trinajstić information content (AvgIpc) is 2.42. The van der Waals surface area contributed by atoms with Gasteiger partial charge in [0, 0.05) is 0 Å². The fourth-order valence-corrected chi connectivity index (χ4v) is 1.20. The summed E-state index contributed by atoms with van der Waals surface area (Å²) in [6.45, 7) is 1.63. The smallest absolute Gasteiger partial charge is 0.338 e. The van der Waals surface area contributed by atoms with E-state index in [9.17, 15) is 13.6 Å². The molecular weight excluding hydrogens is 270 g/mol. The van der Waals surface area contributed by atoms with Crippen molar-refractivity contribution in [2.75, 3.05) is 12.0 Å². The Bertz CT molecular complexity index is 605. The number of ether oxygens (including phenoxy) is 1. The van der Waals surface area contributed by atoms with Crippen LogP contribution in [-0.4, -0.2) is 18.3 Å². The Morgan fingerprint density at radius 2 is 1.90 bits per heavy atom. The van der Waals surface area contributed by atoms with Crippen molar-refractivity contribution in [2.45, 2.75) is 6.92 Å². The first-order valence-corrected chi connectivity index (χ1v) is 5.33. The number of rotatable bonds is 4. The maximum absolute atomic E-state index is 13.6. The molecule has 0 atom stereocenters. The van der Waals surface area contributed by atoms with Gasteiger partial charge >= 0.3 is 5.97 Å². The van der Waals surface area contributed by atoms with Crippen LogP contribution in [0.3, 0.4) is 0 Å². The number of hydrogen-bond donors (Lipinski definition) is 1. The third-order valence-corrected chi connectivity index (χ3v) is 2.04. The van der Waals surface area contributed by atoms with Crippen LogP contribution in [0.1, 0.15) is 17.3 Å². The van der Waals surface area contributed by atoms with Gasteiger partial charge in [-0.25, -0.2) is 13.6 Å². The van der Waals surface area contributed by atoms with Crippen LogP contribution in [0.4, 0.5) is 14.5 Å². The first-order valence-electron chi connectivity index (χ1n) is 5.33. The van der Waals surface area contributed by atoms with Gasteiger partial charge in [-0.2, -0.15) is 15.6 Å². The number of anilines is 1. The lowest BCUT2D eigenvalue weighted by atomic mass is 10.2. The highest BCUT2D eigenvalue weighted by molar-refractivity contribution is 6.10. The van der Waals surface area contributed by atoms with E-state index >= 15 is 0 Å². The van der Waals surface area contributed by atoms with Crippen LogP contribution in [0.2, 0.25) is 0 Å². The maximum Gasteiger partial charge on any atom is 0.338 e. The van der Waals surface area contributed by atoms with Gasteiger partial charge in [-0.05, 0) is 19.1 Å². The molecule has 6 nitrogen and oxygen atoms in total. The molecule has 1 aromatic rings. The van der Waals surface area contributed by atoms with Gasteiger partial charge in [-0.15, -0.1) is 0 Å². The third kappa shape index (κ3) is 3.50. The summed E-state index contributed by atoms with van der Waals surface area (Å²) in [6, 6.07) is 4.35. The van der Waals surface area contributed by atoms with Crippen molar-refractivity contribution < 1.29 is 18.3 Å². The molecule has 0 amide bonds. The van der Waals surface area contributed by atoms with Crippen LogP contribution in [0.15, 0.2) is 17.2 Å². The summed E-state index contributed by atoms with van der Waals surface area (Å²) in [6.07, 6.45) is 0. The topological polar surface area (TPSA) is 98.3 Å². The molecule has 0 saturated carbocycles. The van der Waals surface area contributed by atoms with E-state index < -0.39 is 29.0 Å². The molecule has 20 heavy (non-hydrogen) atoms. The summed E-state index contributed by atoms with van der Waals surface area (Å²) in [4.78, 5) is 11.3. The van der Waals surface area contributed by atoms with Crippen LogP contribution >= 0.6 is 0 Å². The SMILES string of the molecule is CCOC(=O)c1cc(F)c(NN=C(C#N)C#N)c(F)c1. The first-order chi connectivity index (χ1) is 9.53. The molecule has 1 aromatic carbocycles. The zero-order chi connectivity index (χ0) is 15.1. The van der Waals surface area contributed by atoms with E-state index in [-0.39, 0.29) is 12.2 Å². The summed E-state index contributed by atoms with van der Waals surface area (Å²) < 4.78 is 31.9. The van der Waals surface area contributed by atoms with Gasteiger partial charge in [-0.3, -0.25) is 5.43 Å². The highest BCUT2D eigenvalue weighted by atomic mass is 19.1. The number of nitrogens with one attached hydrogen (secondary N) is 1. The van der Waals surface area contributed by atoms with Gasteiger partial charge in [0.2, 0.25) is 5.71 Å². The van der Waals surface area contributed by atoms with E-state index in [2.05, 4.69) is 9.84 Å². The average molecular weight is 278 g/mol. The number of carbonyl (C=O) groups excluding carboxylic acids is 1. The molecule has 0 aromatic heterocycles. The molecule has 102 valence electrons. The monoisotopic (exact) mass is 278 g/mol. The minimum absolute atomic E-state index is 0.0695. The van der Waals surface area contributed by atoms with Crippen LogP contribution < -0.4 is 5.43 Å². The molecule has 1 rings (SSSR count). The zero-order valence-electron chi connectivity index (χ0n) is 10.3. The van der Waals surface area contributed by atoms with Crippen LogP contribution in [-0.2, 0) is 4.74 Å². The Kier molecular flexibility index (Phi) is 5.12. The highest BCUT2D eigenvalue weighted by Gasteiger charge is 2.16. The Morgan fingerprint density at radius 3 is 2.35 bits per heavy atom. The number of nitrogens with zero attached hydrogens (tertiary/aromatic N) is 3. The predicted molar refractivity (Wildman–Crippen MR) is 64.6 cm³/mol. The second-order valence-electron chi connectivity index (χ2n) is 3.33. The van der Waals surface area contributed by atoms with Crippen LogP contribution in [0.25, 0.3) is 0 Å². The van der Waals surface area contributed by atoms with E-state index in [1.807, 2.05) is 5.43 Å². The normalized spacial score (nSPS) is 9.05. The minimum atomic E-state index is -1.10. The van der Waals surface area contributed by atoms with Crippen molar-refractivity contribution in [2.24, 2.45) is 5.10 Å². The van der Waals surface area contributed by atoms with Crippen molar-refractivity contribution >= 4 is 17.4 Å². The molecule has 0 aliphatic heterocycles. The van der Waals surface area contributed by atoms with Crippen LogP contribution in [0.5, 0.6) is 0 Å². The second-order valence-corrected chi connectivity index (χ2v) is 3.33. The summed E-state index contributed by atoms with van der Waals surface area (Å²) in [5.74, 6) is -3.07. The molecule has 0 aliphatic rings. The summed E-state index contributed by atoms with van der Waals surface area (Å²) in [5, 5.41) is 20.1. The molecule has 0 radical (unpaired) electrons. The zero-order valence-corrected chi connectivity index (χ0v) is 10.3. The number of carbonyl (C=O) groups is 1. The molecule has 0 bridgehead atoms. The van der Waals surface area contributed by atoms with Gasteiger partial charge < -0.3 is 4.74 Å². The molecule has 8 heteroatoms. The quantitative estimate of drug-likeness (QED) is 0.515. The van der Waals surface area contributed by atoms with E-state index in [0.29, 0.717) is 0 Å². The van der Waals surface area contributed by atoms with Crippen molar-refractivity contribution in [1.82, 2.24) is 0 Å². The lowest BCUT2D eigenvalue weighted by Crippen LogP contribution is -2.08. The van der Waals surface area contributed by atoms with Gasteiger partial charge in [0.25, 0.3) is 0 Å². The number of esters is 1. The molecule has 1 N–H and O–H groups in total. The number of halogens is 2. The maximum atomic E-state index is 13.6. The highest BCUT2D eigenvalue weighted by Crippen LogP contribution is 2.21. The van der Waals surface area contributed by atoms with E-state index in [1.165, 1.54) is 12.1 Å². The largest absolute Gasteiger partial charge is 0.462 e. The summed E-state index contributed by atoms with van der Waals surface area (Å²) in [5.41, 5.74) is 0.349. The molecule has 0 heterocycles. The molecule has 0 fully saturated rings. The lowest BCUT2D eigenvalue weighted by molar-refractivity contribution is 0.0525. The molecule has 0 spiro atoms. The standard InChI is InChI=1S/C12H8F2N4O2/c1-2-20-12(19)7-3-9(13)11(10(14)4-7)18-17-8(5-15)6-16/h3-4,18H,2H2,1H3. The van der Waals surface area contributed by atoms with Gasteiger partial charge in [-0.1, -0.05) is 0 Å². The Labute approximate surface area is 112 Å². The fourth-order valence-electron chi connectivity index (χ4n) is 1.20. The Hall–Kier alpha value is -3.00. The predicted octanol–water partition coefficient (Wildman–Crippen LogP) is 1.96. The van der Waals surface area contributed by atoms with Gasteiger partial charge in [0.15, 0.2) is 11.6 Å². The van der Waals surface area contributed by atoms with E-state index in [1.54, 1.807) is 6.92 Å². The van der Waals surface area contributed by atoms with Crippen molar-refractivity contribution in [3.63, 3.8) is 0 Å². The molecular formula is C12H8F2N4O2. The summed E-state index contributed by atoms with van der Waals surface area (Å²) in [7, 11) is 0. The Morgan fingerprint density at radius 1 is 1.35 bits per heavy atom. The first kappa shape index (κ1) is 15.1. The third-order valence-electron chi connectivity index (χ3n) is 2.04. The molecule has 0 unspecified atom stereocenters. The van der Waals surface area contributed by atoms with E-state index in [4.69, 9.17) is 10.5 Å². The molecule has 0 aliphatic carbocycles. The van der Waals surface area contributed by atoms with Gasteiger partial charge in [0.05, 0.1) is 12.2 Å². The van der Waals surface area contributed by atoms with Gasteiger partial charge in [0.1, 0.15) is 17.8 Å². The van der Waals surface area contributed by atoms with Crippen LogP contribution in [0, 0.1) is 34.3 Å².